The Kier molecular flexibility index (Phi) is 7.05. The number of nitrogens with one attached hydrogen (secondary N) is 1. The molecule has 2 atom stereocenters. The van der Waals surface area contributed by atoms with Gasteiger partial charge in [0.1, 0.15) is 17.2 Å². The van der Waals surface area contributed by atoms with Gasteiger partial charge >= 0.3 is 0 Å². The maximum Gasteiger partial charge on any atom is 0.228 e. The Labute approximate surface area is 189 Å². The molecule has 1 aliphatic carbocycles. The molecule has 1 saturated heterocycles. The first-order chi connectivity index (χ1) is 15.6. The number of carbonyl (C=O) groups excluding carboxylic acids is 1. The molecule has 0 bridgehead atoms. The first kappa shape index (κ1) is 22.3. The van der Waals surface area contributed by atoms with E-state index in [4.69, 9.17) is 18.9 Å². The molecule has 2 aromatic rings. The number of morpholine rings is 1. The van der Waals surface area contributed by atoms with Crippen LogP contribution in [0.2, 0.25) is 0 Å². The molecule has 7 heteroatoms. The lowest BCUT2D eigenvalue weighted by atomic mass is 10.1. The van der Waals surface area contributed by atoms with Crippen molar-refractivity contribution in [2.24, 2.45) is 5.92 Å². The van der Waals surface area contributed by atoms with Gasteiger partial charge in [-0.2, -0.15) is 0 Å². The molecule has 1 heterocycles. The molecule has 0 aromatic heterocycles. The van der Waals surface area contributed by atoms with E-state index in [1.54, 1.807) is 7.11 Å². The van der Waals surface area contributed by atoms with Crippen molar-refractivity contribution in [1.29, 1.82) is 0 Å². The zero-order valence-electron chi connectivity index (χ0n) is 19.1. The summed E-state index contributed by atoms with van der Waals surface area (Å²) in [5.74, 6) is 2.42. The summed E-state index contributed by atoms with van der Waals surface area (Å²) in [7, 11) is 1.65. The number of ether oxygens (including phenoxy) is 4. The van der Waals surface area contributed by atoms with Gasteiger partial charge in [0.15, 0.2) is 0 Å². The summed E-state index contributed by atoms with van der Waals surface area (Å²) >= 11 is 0. The van der Waals surface area contributed by atoms with Crippen LogP contribution < -0.4 is 24.4 Å². The van der Waals surface area contributed by atoms with Crippen LogP contribution in [0.25, 0.3) is 0 Å². The third-order valence-corrected chi connectivity index (χ3v) is 5.94. The topological polar surface area (TPSA) is 69.3 Å². The van der Waals surface area contributed by atoms with Crippen molar-refractivity contribution >= 4 is 17.3 Å². The van der Waals surface area contributed by atoms with Crippen LogP contribution in [0.15, 0.2) is 36.4 Å². The van der Waals surface area contributed by atoms with Crippen molar-refractivity contribution in [1.82, 2.24) is 0 Å². The average molecular weight is 441 g/mol. The molecule has 1 N–H and O–H groups in total. The minimum absolute atomic E-state index is 0.00772. The average Bonchev–Trinajstić information content (AvgIpc) is 3.63. The van der Waals surface area contributed by atoms with E-state index >= 15 is 0 Å². The second-order valence-corrected chi connectivity index (χ2v) is 7.99. The second kappa shape index (κ2) is 10.1. The Morgan fingerprint density at radius 2 is 1.75 bits per heavy atom. The summed E-state index contributed by atoms with van der Waals surface area (Å²) < 4.78 is 22.5. The molecule has 0 radical (unpaired) electrons. The number of anilines is 2. The summed E-state index contributed by atoms with van der Waals surface area (Å²) in [5.41, 5.74) is 2.78. The summed E-state index contributed by atoms with van der Waals surface area (Å²) in [6.07, 6.45) is 0.840. The molecule has 4 rings (SSSR count). The van der Waals surface area contributed by atoms with E-state index in [0.29, 0.717) is 37.9 Å². The van der Waals surface area contributed by atoms with Crippen molar-refractivity contribution < 1.29 is 23.7 Å². The third-order valence-electron chi connectivity index (χ3n) is 5.94. The molecule has 172 valence electrons. The van der Waals surface area contributed by atoms with E-state index in [1.807, 2.05) is 50.2 Å². The lowest BCUT2D eigenvalue weighted by Crippen LogP contribution is -2.36. The maximum absolute atomic E-state index is 13.0. The van der Waals surface area contributed by atoms with E-state index < -0.39 is 0 Å². The first-order valence-corrected chi connectivity index (χ1v) is 11.4. The molecule has 2 unspecified atom stereocenters. The van der Waals surface area contributed by atoms with Gasteiger partial charge in [-0.1, -0.05) is 12.1 Å². The molecule has 2 aliphatic rings. The Bertz CT molecular complexity index is 925. The Hall–Kier alpha value is -2.93. The van der Waals surface area contributed by atoms with Crippen LogP contribution in [0.1, 0.15) is 31.7 Å². The zero-order valence-corrected chi connectivity index (χ0v) is 19.1. The van der Waals surface area contributed by atoms with Crippen molar-refractivity contribution in [3.8, 4) is 17.2 Å². The minimum atomic E-state index is -0.0488. The van der Waals surface area contributed by atoms with Crippen LogP contribution >= 0.6 is 0 Å². The standard InChI is InChI=1S/C25H32N2O5/c1-4-31-23-16-22(27-10-12-30-13-11-27)24(32-5-2)15-21(23)26-25(28)20-14-19(20)17-6-8-18(29-3)9-7-17/h6-9,15-16,19-20H,4-5,10-14H2,1-3H3,(H,26,28). The van der Waals surface area contributed by atoms with Crippen LogP contribution in [0.3, 0.4) is 0 Å². The SMILES string of the molecule is CCOc1cc(N2CCOCC2)c(OCC)cc1NC(=O)C1CC1c1ccc(OC)cc1. The molecule has 0 spiro atoms. The predicted octanol–water partition coefficient (Wildman–Crippen LogP) is 4.07. The highest BCUT2D eigenvalue weighted by molar-refractivity contribution is 5.97. The number of hydrogen-bond acceptors (Lipinski definition) is 6. The highest BCUT2D eigenvalue weighted by atomic mass is 16.5. The predicted molar refractivity (Wildman–Crippen MR) is 124 cm³/mol. The van der Waals surface area contributed by atoms with E-state index in [9.17, 15) is 4.79 Å². The molecule has 1 amide bonds. The number of hydrogen-bond donors (Lipinski definition) is 1. The number of carbonyl (C=O) groups is 1. The second-order valence-electron chi connectivity index (χ2n) is 7.99. The lowest BCUT2D eigenvalue weighted by molar-refractivity contribution is -0.117. The van der Waals surface area contributed by atoms with Gasteiger partial charge < -0.3 is 29.2 Å². The number of rotatable bonds is 9. The third kappa shape index (κ3) is 4.93. The summed E-state index contributed by atoms with van der Waals surface area (Å²) in [6, 6.07) is 11.8. The molecule has 7 nitrogen and oxygen atoms in total. The van der Waals surface area contributed by atoms with Crippen LogP contribution in [0.5, 0.6) is 17.2 Å². The highest BCUT2D eigenvalue weighted by Gasteiger charge is 2.44. The summed E-state index contributed by atoms with van der Waals surface area (Å²) in [5, 5.41) is 3.10. The van der Waals surface area contributed by atoms with Crippen molar-refractivity contribution in [3.05, 3.63) is 42.0 Å². The normalized spacial score (nSPS) is 19.9. The van der Waals surface area contributed by atoms with Gasteiger partial charge in [0.2, 0.25) is 5.91 Å². The van der Waals surface area contributed by atoms with Crippen LogP contribution in [-0.4, -0.2) is 52.5 Å². The molecule has 1 saturated carbocycles. The van der Waals surface area contributed by atoms with Crippen LogP contribution in [0, 0.1) is 5.92 Å². The monoisotopic (exact) mass is 440 g/mol. The fraction of sp³-hybridized carbons (Fsp3) is 0.480. The molecule has 32 heavy (non-hydrogen) atoms. The van der Waals surface area contributed by atoms with Gasteiger partial charge in [-0.25, -0.2) is 0 Å². The molecule has 1 aliphatic heterocycles. The largest absolute Gasteiger partial charge is 0.497 e. The minimum Gasteiger partial charge on any atom is -0.497 e. The number of methoxy groups -OCH3 is 1. The molecule has 2 fully saturated rings. The van der Waals surface area contributed by atoms with Crippen LogP contribution in [-0.2, 0) is 9.53 Å². The van der Waals surface area contributed by atoms with E-state index in [1.165, 1.54) is 0 Å². The fourth-order valence-corrected chi connectivity index (χ4v) is 4.17. The van der Waals surface area contributed by atoms with Crippen molar-refractivity contribution in [2.75, 3.05) is 56.8 Å². The highest BCUT2D eigenvalue weighted by Crippen LogP contribution is 2.49. The van der Waals surface area contributed by atoms with Crippen LogP contribution in [0.4, 0.5) is 11.4 Å². The van der Waals surface area contributed by atoms with Gasteiger partial charge in [0.25, 0.3) is 0 Å². The lowest BCUT2D eigenvalue weighted by Gasteiger charge is -2.31. The zero-order chi connectivity index (χ0) is 22.5. The van der Waals surface area contributed by atoms with Crippen molar-refractivity contribution in [3.63, 3.8) is 0 Å². The number of amides is 1. The van der Waals surface area contributed by atoms with Gasteiger partial charge in [0.05, 0.1) is 44.9 Å². The van der Waals surface area contributed by atoms with Crippen molar-refractivity contribution in [2.45, 2.75) is 26.2 Å². The fourth-order valence-electron chi connectivity index (χ4n) is 4.17. The van der Waals surface area contributed by atoms with Gasteiger partial charge in [-0.05, 0) is 43.9 Å². The molecular formula is C25H32N2O5. The number of benzene rings is 2. The van der Waals surface area contributed by atoms with Gasteiger partial charge in [0, 0.05) is 31.1 Å². The van der Waals surface area contributed by atoms with Gasteiger partial charge in [-0.15, -0.1) is 0 Å². The summed E-state index contributed by atoms with van der Waals surface area (Å²) in [6.45, 7) is 7.91. The quantitative estimate of drug-likeness (QED) is 0.634. The number of nitrogens with zero attached hydrogens (tertiary/aromatic N) is 1. The maximum atomic E-state index is 13.0. The Morgan fingerprint density at radius 3 is 2.41 bits per heavy atom. The molecule has 2 aromatic carbocycles. The first-order valence-electron chi connectivity index (χ1n) is 11.4. The molecular weight excluding hydrogens is 408 g/mol. The Morgan fingerprint density at radius 1 is 1.06 bits per heavy atom. The van der Waals surface area contributed by atoms with E-state index in [2.05, 4.69) is 10.2 Å². The van der Waals surface area contributed by atoms with E-state index in [-0.39, 0.29) is 17.7 Å². The van der Waals surface area contributed by atoms with E-state index in [0.717, 1.165) is 42.3 Å². The van der Waals surface area contributed by atoms with Gasteiger partial charge in [-0.3, -0.25) is 4.79 Å². The summed E-state index contributed by atoms with van der Waals surface area (Å²) in [4.78, 5) is 15.3. The smallest absolute Gasteiger partial charge is 0.228 e. The Balaban J connectivity index is 1.52.